The van der Waals surface area contributed by atoms with Crippen LogP contribution in [0, 0.1) is 0 Å². The molecule has 0 radical (unpaired) electrons. The summed E-state index contributed by atoms with van der Waals surface area (Å²) in [5, 5.41) is 24.4. The number of aliphatic carboxylic acids is 1. The Morgan fingerprint density at radius 3 is 2.94 bits per heavy atom. The lowest BCUT2D eigenvalue weighted by molar-refractivity contribution is -0.138. The molecule has 0 aliphatic carbocycles. The third kappa shape index (κ3) is 1.96. The predicted molar refractivity (Wildman–Crippen MR) is 56.1 cm³/mol. The van der Waals surface area contributed by atoms with Gasteiger partial charge in [-0.15, -0.1) is 14.8 Å². The van der Waals surface area contributed by atoms with E-state index in [0.29, 0.717) is 10.7 Å². The molecule has 0 amide bonds. The third-order valence-electron chi connectivity index (χ3n) is 1.92. The maximum Gasteiger partial charge on any atom is 0.319 e. The standard InChI is InChI=1S/C8H9N5O2S/c1-8(2,7(14)15)16-6-4-3-5-9-11-12-13(5)10-6/h3-4H,1-2H3,(H,14,15). The molecule has 0 aromatic carbocycles. The summed E-state index contributed by atoms with van der Waals surface area (Å²) in [5.74, 6) is -0.892. The van der Waals surface area contributed by atoms with Gasteiger partial charge in [-0.3, -0.25) is 4.79 Å². The zero-order valence-corrected chi connectivity index (χ0v) is 9.47. The maximum atomic E-state index is 10.9. The van der Waals surface area contributed by atoms with E-state index in [9.17, 15) is 4.79 Å². The van der Waals surface area contributed by atoms with Gasteiger partial charge in [-0.2, -0.15) is 0 Å². The van der Waals surface area contributed by atoms with Gasteiger partial charge in [0.05, 0.1) is 0 Å². The van der Waals surface area contributed by atoms with E-state index in [2.05, 4.69) is 20.6 Å². The second-order valence-electron chi connectivity index (χ2n) is 3.62. The lowest BCUT2D eigenvalue weighted by Crippen LogP contribution is -2.27. The molecule has 0 spiro atoms. The van der Waals surface area contributed by atoms with Gasteiger partial charge >= 0.3 is 5.97 Å². The van der Waals surface area contributed by atoms with Crippen molar-refractivity contribution in [3.8, 4) is 0 Å². The SMILES string of the molecule is CC(C)(Sc1ccc2nnnn2n1)C(=O)O. The quantitative estimate of drug-likeness (QED) is 0.778. The van der Waals surface area contributed by atoms with Gasteiger partial charge in [-0.25, -0.2) is 0 Å². The predicted octanol–water partition coefficient (Wildman–Crippen LogP) is 0.475. The van der Waals surface area contributed by atoms with Crippen molar-refractivity contribution >= 4 is 23.4 Å². The van der Waals surface area contributed by atoms with Gasteiger partial charge in [-0.1, -0.05) is 11.8 Å². The second-order valence-corrected chi connectivity index (χ2v) is 5.26. The lowest BCUT2D eigenvalue weighted by atomic mass is 10.2. The molecule has 0 fully saturated rings. The number of hydrogen-bond donors (Lipinski definition) is 1. The molecule has 84 valence electrons. The number of fused-ring (bicyclic) bond motifs is 1. The normalized spacial score (nSPS) is 11.9. The molecule has 0 atom stereocenters. The summed E-state index contributed by atoms with van der Waals surface area (Å²) in [6, 6.07) is 3.38. The molecular formula is C8H9N5O2S. The van der Waals surface area contributed by atoms with E-state index in [1.54, 1.807) is 26.0 Å². The number of carboxylic acids is 1. The highest BCUT2D eigenvalue weighted by Crippen LogP contribution is 2.30. The number of thioether (sulfide) groups is 1. The van der Waals surface area contributed by atoms with Gasteiger partial charge in [-0.05, 0) is 36.4 Å². The lowest BCUT2D eigenvalue weighted by Gasteiger charge is -2.16. The summed E-state index contributed by atoms with van der Waals surface area (Å²) in [7, 11) is 0. The molecule has 16 heavy (non-hydrogen) atoms. The van der Waals surface area contributed by atoms with Crippen LogP contribution in [0.15, 0.2) is 17.2 Å². The highest BCUT2D eigenvalue weighted by atomic mass is 32.2. The monoisotopic (exact) mass is 239 g/mol. The van der Waals surface area contributed by atoms with Crippen molar-refractivity contribution in [1.82, 2.24) is 25.3 Å². The number of carboxylic acid groups (broad SMARTS) is 1. The maximum absolute atomic E-state index is 10.9. The minimum Gasteiger partial charge on any atom is -0.480 e. The summed E-state index contributed by atoms with van der Waals surface area (Å²) >= 11 is 1.15. The Kier molecular flexibility index (Phi) is 2.50. The Labute approximate surface area is 94.8 Å². The first-order valence-electron chi connectivity index (χ1n) is 4.47. The average molecular weight is 239 g/mol. The van der Waals surface area contributed by atoms with Gasteiger partial charge in [0.15, 0.2) is 5.65 Å². The number of aromatic nitrogens is 5. The Morgan fingerprint density at radius 1 is 1.50 bits per heavy atom. The van der Waals surface area contributed by atoms with Gasteiger partial charge in [0.2, 0.25) is 0 Å². The Hall–Kier alpha value is -1.70. The third-order valence-corrected chi connectivity index (χ3v) is 3.03. The fraction of sp³-hybridized carbons (Fsp3) is 0.375. The Morgan fingerprint density at radius 2 is 2.25 bits per heavy atom. The molecule has 2 aromatic heterocycles. The van der Waals surface area contributed by atoms with Crippen LogP contribution in [-0.2, 0) is 4.79 Å². The number of nitrogens with zero attached hydrogens (tertiary/aromatic N) is 5. The second kappa shape index (κ2) is 3.71. The zero-order valence-electron chi connectivity index (χ0n) is 8.65. The topological polar surface area (TPSA) is 93.3 Å². The summed E-state index contributed by atoms with van der Waals surface area (Å²) in [4.78, 5) is 10.9. The van der Waals surface area contributed by atoms with Crippen molar-refractivity contribution in [3.63, 3.8) is 0 Å². The van der Waals surface area contributed by atoms with Crippen LogP contribution in [0.2, 0.25) is 0 Å². The highest BCUT2D eigenvalue weighted by Gasteiger charge is 2.29. The van der Waals surface area contributed by atoms with E-state index in [1.165, 1.54) is 4.63 Å². The molecule has 1 N–H and O–H groups in total. The van der Waals surface area contributed by atoms with Gasteiger partial charge in [0, 0.05) is 0 Å². The highest BCUT2D eigenvalue weighted by molar-refractivity contribution is 8.01. The molecule has 8 heteroatoms. The molecule has 2 aromatic rings. The zero-order chi connectivity index (χ0) is 11.8. The van der Waals surface area contributed by atoms with E-state index < -0.39 is 10.7 Å². The number of rotatable bonds is 3. The first-order valence-corrected chi connectivity index (χ1v) is 5.28. The number of tetrazole rings is 1. The number of hydrogen-bond acceptors (Lipinski definition) is 6. The molecule has 0 unspecified atom stereocenters. The molecule has 0 saturated carbocycles. The van der Waals surface area contributed by atoms with Crippen LogP contribution in [0.1, 0.15) is 13.8 Å². The van der Waals surface area contributed by atoms with E-state index in [4.69, 9.17) is 5.11 Å². The molecule has 2 heterocycles. The van der Waals surface area contributed by atoms with E-state index in [0.717, 1.165) is 11.8 Å². The molecule has 2 rings (SSSR count). The molecular weight excluding hydrogens is 230 g/mol. The molecule has 0 aliphatic rings. The fourth-order valence-corrected chi connectivity index (χ4v) is 1.86. The van der Waals surface area contributed by atoms with E-state index in [-0.39, 0.29) is 0 Å². The van der Waals surface area contributed by atoms with Crippen molar-refractivity contribution in [2.24, 2.45) is 0 Å². The van der Waals surface area contributed by atoms with Crippen molar-refractivity contribution in [1.29, 1.82) is 0 Å². The summed E-state index contributed by atoms with van der Waals surface area (Å²) in [6.07, 6.45) is 0. The van der Waals surface area contributed by atoms with Crippen LogP contribution >= 0.6 is 11.8 Å². The first-order chi connectivity index (χ1) is 7.49. The molecule has 0 saturated heterocycles. The van der Waals surface area contributed by atoms with Crippen LogP contribution < -0.4 is 0 Å². The Balaban J connectivity index is 2.30. The first kappa shape index (κ1) is 10.8. The van der Waals surface area contributed by atoms with Gasteiger partial charge in [0.25, 0.3) is 0 Å². The molecule has 0 bridgehead atoms. The molecule has 0 aliphatic heterocycles. The summed E-state index contributed by atoms with van der Waals surface area (Å²) in [5.41, 5.74) is 0.525. The summed E-state index contributed by atoms with van der Waals surface area (Å²) < 4.78 is 0.328. The van der Waals surface area contributed by atoms with Crippen molar-refractivity contribution in [3.05, 3.63) is 12.1 Å². The van der Waals surface area contributed by atoms with Crippen LogP contribution in [0.5, 0.6) is 0 Å². The van der Waals surface area contributed by atoms with Gasteiger partial charge < -0.3 is 5.11 Å². The van der Waals surface area contributed by atoms with Crippen LogP contribution in [0.4, 0.5) is 0 Å². The van der Waals surface area contributed by atoms with Crippen LogP contribution in [-0.4, -0.2) is 41.1 Å². The minimum absolute atomic E-state index is 0.525. The van der Waals surface area contributed by atoms with E-state index in [1.807, 2.05) is 0 Å². The average Bonchev–Trinajstić information content (AvgIpc) is 2.63. The van der Waals surface area contributed by atoms with Crippen molar-refractivity contribution in [2.45, 2.75) is 23.6 Å². The fourth-order valence-electron chi connectivity index (χ4n) is 0.993. The largest absolute Gasteiger partial charge is 0.480 e. The molecule has 7 nitrogen and oxygen atoms in total. The van der Waals surface area contributed by atoms with E-state index >= 15 is 0 Å². The Bertz CT molecular complexity index is 538. The van der Waals surface area contributed by atoms with Crippen molar-refractivity contribution in [2.75, 3.05) is 0 Å². The van der Waals surface area contributed by atoms with Crippen LogP contribution in [0.25, 0.3) is 5.65 Å². The van der Waals surface area contributed by atoms with Gasteiger partial charge in [0.1, 0.15) is 9.77 Å². The van der Waals surface area contributed by atoms with Crippen LogP contribution in [0.3, 0.4) is 0 Å². The minimum atomic E-state index is -0.936. The smallest absolute Gasteiger partial charge is 0.319 e. The number of carbonyl (C=O) groups is 1. The van der Waals surface area contributed by atoms with Crippen molar-refractivity contribution < 1.29 is 9.90 Å². The summed E-state index contributed by atoms with van der Waals surface area (Å²) in [6.45, 7) is 3.23.